The van der Waals surface area contributed by atoms with Gasteiger partial charge in [-0.1, -0.05) is 46.3 Å². The molecule has 1 rings (SSSR count). The van der Waals surface area contributed by atoms with Gasteiger partial charge in [0.2, 0.25) is 4.32 Å². The van der Waals surface area contributed by atoms with Crippen molar-refractivity contribution in [1.82, 2.24) is 0 Å². The molecule has 0 spiro atoms. The summed E-state index contributed by atoms with van der Waals surface area (Å²) >= 11 is 2.79. The Kier molecular flexibility index (Phi) is 4.69. The largest absolute Gasteiger partial charge is 0.480 e. The molecular formula is C12H13BrO4. The van der Waals surface area contributed by atoms with E-state index in [4.69, 9.17) is 10.2 Å². The Morgan fingerprint density at radius 1 is 1.12 bits per heavy atom. The lowest BCUT2D eigenvalue weighted by Gasteiger charge is -2.17. The molecule has 0 atom stereocenters. The van der Waals surface area contributed by atoms with Crippen molar-refractivity contribution in [2.24, 2.45) is 0 Å². The highest BCUT2D eigenvalue weighted by atomic mass is 79.9. The molecule has 0 aliphatic heterocycles. The third kappa shape index (κ3) is 3.56. The fourth-order valence-corrected chi connectivity index (χ4v) is 1.77. The average molecular weight is 301 g/mol. The van der Waals surface area contributed by atoms with Gasteiger partial charge in [-0.25, -0.2) is 0 Å². The summed E-state index contributed by atoms with van der Waals surface area (Å²) in [4.78, 5) is 21.8. The second-order valence-electron chi connectivity index (χ2n) is 3.75. The number of carboxylic acid groups (broad SMARTS) is 2. The van der Waals surface area contributed by atoms with E-state index in [-0.39, 0.29) is 6.42 Å². The minimum absolute atomic E-state index is 0.0482. The van der Waals surface area contributed by atoms with Crippen LogP contribution in [0.5, 0.6) is 0 Å². The summed E-state index contributed by atoms with van der Waals surface area (Å²) in [7, 11) is 0. The van der Waals surface area contributed by atoms with Gasteiger partial charge in [-0.05, 0) is 24.8 Å². The molecule has 4 nitrogen and oxygen atoms in total. The van der Waals surface area contributed by atoms with Crippen LogP contribution in [-0.4, -0.2) is 26.5 Å². The molecule has 92 valence electrons. The van der Waals surface area contributed by atoms with Crippen LogP contribution in [0.3, 0.4) is 0 Å². The van der Waals surface area contributed by atoms with Crippen LogP contribution < -0.4 is 0 Å². The molecule has 0 aliphatic carbocycles. The van der Waals surface area contributed by atoms with E-state index in [0.29, 0.717) is 12.8 Å². The number of hydrogen-bond donors (Lipinski definition) is 2. The van der Waals surface area contributed by atoms with E-state index in [1.165, 1.54) is 0 Å². The van der Waals surface area contributed by atoms with E-state index in [9.17, 15) is 9.59 Å². The van der Waals surface area contributed by atoms with E-state index in [2.05, 4.69) is 15.9 Å². The normalized spacial score (nSPS) is 11.1. The fourth-order valence-electron chi connectivity index (χ4n) is 1.49. The van der Waals surface area contributed by atoms with E-state index < -0.39 is 16.3 Å². The Morgan fingerprint density at radius 2 is 1.65 bits per heavy atom. The second-order valence-corrected chi connectivity index (χ2v) is 5.10. The third-order valence-corrected chi connectivity index (χ3v) is 3.58. The molecule has 0 bridgehead atoms. The van der Waals surface area contributed by atoms with Gasteiger partial charge >= 0.3 is 11.9 Å². The van der Waals surface area contributed by atoms with Crippen molar-refractivity contribution >= 4 is 27.9 Å². The van der Waals surface area contributed by atoms with Crippen LogP contribution in [0.2, 0.25) is 0 Å². The van der Waals surface area contributed by atoms with Gasteiger partial charge in [0.1, 0.15) is 0 Å². The predicted octanol–water partition coefficient (Wildman–Crippen LogP) is 2.31. The number of halogens is 1. The first kappa shape index (κ1) is 13.7. The number of hydrogen-bond acceptors (Lipinski definition) is 2. The number of aryl methyl sites for hydroxylation is 1. The van der Waals surface area contributed by atoms with Crippen LogP contribution in [0.4, 0.5) is 0 Å². The first-order valence-electron chi connectivity index (χ1n) is 5.16. The highest BCUT2D eigenvalue weighted by Gasteiger charge is 2.43. The molecule has 0 fully saturated rings. The summed E-state index contributed by atoms with van der Waals surface area (Å²) in [5.41, 5.74) is 1.07. The summed E-state index contributed by atoms with van der Waals surface area (Å²) in [5, 5.41) is 17.7. The third-order valence-electron chi connectivity index (χ3n) is 2.51. The van der Waals surface area contributed by atoms with Gasteiger partial charge in [0.05, 0.1) is 0 Å². The first-order chi connectivity index (χ1) is 7.97. The van der Waals surface area contributed by atoms with Crippen LogP contribution in [-0.2, 0) is 16.0 Å². The maximum Gasteiger partial charge on any atom is 0.332 e. The maximum atomic E-state index is 10.9. The van der Waals surface area contributed by atoms with Gasteiger partial charge in [-0.2, -0.15) is 0 Å². The van der Waals surface area contributed by atoms with Crippen LogP contribution >= 0.6 is 15.9 Å². The van der Waals surface area contributed by atoms with Gasteiger partial charge in [0.15, 0.2) is 0 Å². The lowest BCUT2D eigenvalue weighted by Crippen LogP contribution is -2.40. The van der Waals surface area contributed by atoms with Crippen LogP contribution in [0, 0.1) is 0 Å². The van der Waals surface area contributed by atoms with Gasteiger partial charge in [-0.15, -0.1) is 0 Å². The van der Waals surface area contributed by atoms with Crippen molar-refractivity contribution in [3.8, 4) is 0 Å². The minimum Gasteiger partial charge on any atom is -0.480 e. The molecule has 2 N–H and O–H groups in total. The van der Waals surface area contributed by atoms with Crippen LogP contribution in [0.25, 0.3) is 0 Å². The zero-order chi connectivity index (χ0) is 12.9. The summed E-state index contributed by atoms with van der Waals surface area (Å²) in [6.45, 7) is 0. The number of aliphatic carboxylic acids is 2. The Balaban J connectivity index is 2.55. The lowest BCUT2D eigenvalue weighted by atomic mass is 9.99. The molecule has 0 saturated carbocycles. The van der Waals surface area contributed by atoms with Crippen LogP contribution in [0.15, 0.2) is 30.3 Å². The van der Waals surface area contributed by atoms with E-state index in [1.807, 2.05) is 30.3 Å². The van der Waals surface area contributed by atoms with E-state index in [0.717, 1.165) is 5.56 Å². The fraction of sp³-hybridized carbons (Fsp3) is 0.333. The highest BCUT2D eigenvalue weighted by Crippen LogP contribution is 2.26. The van der Waals surface area contributed by atoms with Crippen molar-refractivity contribution < 1.29 is 19.8 Å². The molecule has 1 aromatic rings. The Labute approximate surface area is 107 Å². The van der Waals surface area contributed by atoms with Gasteiger partial charge in [-0.3, -0.25) is 9.59 Å². The standard InChI is InChI=1S/C12H13BrO4/c13-12(10(14)15,11(16)17)8-4-7-9-5-2-1-3-6-9/h1-3,5-6H,4,7-8H2,(H,14,15)(H,16,17). The van der Waals surface area contributed by atoms with E-state index >= 15 is 0 Å². The smallest absolute Gasteiger partial charge is 0.332 e. The first-order valence-corrected chi connectivity index (χ1v) is 5.96. The zero-order valence-electron chi connectivity index (χ0n) is 9.10. The molecule has 17 heavy (non-hydrogen) atoms. The number of carboxylic acids is 2. The monoisotopic (exact) mass is 300 g/mol. The summed E-state index contributed by atoms with van der Waals surface area (Å²) < 4.78 is -1.87. The molecule has 0 heterocycles. The number of rotatable bonds is 6. The van der Waals surface area contributed by atoms with Gasteiger partial charge < -0.3 is 10.2 Å². The Bertz CT molecular complexity index is 388. The van der Waals surface area contributed by atoms with Crippen molar-refractivity contribution in [2.45, 2.75) is 23.6 Å². The molecule has 0 amide bonds. The molecular weight excluding hydrogens is 288 g/mol. The van der Waals surface area contributed by atoms with Gasteiger partial charge in [0, 0.05) is 0 Å². The van der Waals surface area contributed by atoms with Crippen molar-refractivity contribution in [3.05, 3.63) is 35.9 Å². The van der Waals surface area contributed by atoms with Crippen LogP contribution in [0.1, 0.15) is 18.4 Å². The van der Waals surface area contributed by atoms with Gasteiger partial charge in [0.25, 0.3) is 0 Å². The predicted molar refractivity (Wildman–Crippen MR) is 66.3 cm³/mol. The van der Waals surface area contributed by atoms with Crippen molar-refractivity contribution in [2.75, 3.05) is 0 Å². The number of alkyl halides is 1. The molecule has 0 saturated heterocycles. The quantitative estimate of drug-likeness (QED) is 0.624. The molecule has 0 aromatic heterocycles. The molecule has 1 aromatic carbocycles. The lowest BCUT2D eigenvalue weighted by molar-refractivity contribution is -0.151. The SMILES string of the molecule is O=C(O)C(Br)(CCCc1ccccc1)C(=O)O. The second kappa shape index (κ2) is 5.82. The maximum absolute atomic E-state index is 10.9. The molecule has 5 heteroatoms. The molecule has 0 unspecified atom stereocenters. The topological polar surface area (TPSA) is 74.6 Å². The number of carbonyl (C=O) groups is 2. The summed E-state index contributed by atoms with van der Waals surface area (Å²) in [6, 6.07) is 9.54. The zero-order valence-corrected chi connectivity index (χ0v) is 10.7. The summed E-state index contributed by atoms with van der Waals surface area (Å²) in [5.74, 6) is -2.73. The average Bonchev–Trinajstić information content (AvgIpc) is 2.29. The van der Waals surface area contributed by atoms with E-state index in [1.54, 1.807) is 0 Å². The number of benzene rings is 1. The highest BCUT2D eigenvalue weighted by molar-refractivity contribution is 9.10. The summed E-state index contributed by atoms with van der Waals surface area (Å²) in [6.07, 6.45) is 1.20. The van der Waals surface area contributed by atoms with Crippen molar-refractivity contribution in [1.29, 1.82) is 0 Å². The minimum atomic E-state index is -1.87. The molecule has 0 aliphatic rings. The molecule has 0 radical (unpaired) electrons. The Hall–Kier alpha value is -1.36. The van der Waals surface area contributed by atoms with Crippen molar-refractivity contribution in [3.63, 3.8) is 0 Å². The Morgan fingerprint density at radius 3 is 2.12 bits per heavy atom.